The van der Waals surface area contributed by atoms with E-state index in [1.54, 1.807) is 7.11 Å². The van der Waals surface area contributed by atoms with Crippen LogP contribution in [0.25, 0.3) is 11.0 Å². The normalized spacial score (nSPS) is 17.6. The number of aromatic amines is 1. The lowest BCUT2D eigenvalue weighted by Gasteiger charge is -2.34. The maximum absolute atomic E-state index is 13.0. The van der Waals surface area contributed by atoms with Gasteiger partial charge < -0.3 is 15.0 Å². The van der Waals surface area contributed by atoms with Crippen molar-refractivity contribution in [1.82, 2.24) is 15.2 Å². The van der Waals surface area contributed by atoms with E-state index in [0.717, 1.165) is 49.3 Å². The van der Waals surface area contributed by atoms with E-state index in [1.807, 2.05) is 36.4 Å². The Hall–Kier alpha value is -2.93. The lowest BCUT2D eigenvalue weighted by atomic mass is 9.82. The summed E-state index contributed by atoms with van der Waals surface area (Å²) in [6, 6.07) is 11.4. The fraction of sp³-hybridized carbons (Fsp3) is 0.458. The molecule has 2 fully saturated rings. The second-order valence-electron chi connectivity index (χ2n) is 8.70. The molecular weight excluding hydrogens is 390 g/mol. The molecule has 0 spiro atoms. The number of methoxy groups -OCH3 is 1. The molecule has 1 aliphatic heterocycles. The van der Waals surface area contributed by atoms with Gasteiger partial charge in [-0.25, -0.2) is 4.98 Å². The number of piperidine rings is 1. The number of amides is 1. The Balaban J connectivity index is 1.49. The van der Waals surface area contributed by atoms with Crippen LogP contribution >= 0.6 is 0 Å². The zero-order valence-electron chi connectivity index (χ0n) is 17.9. The van der Waals surface area contributed by atoms with Crippen molar-refractivity contribution in [3.63, 3.8) is 0 Å². The maximum atomic E-state index is 13.0. The number of para-hydroxylation sites is 1. The largest absolute Gasteiger partial charge is 0.384 e. The zero-order chi connectivity index (χ0) is 21.2. The number of hydrogen-bond donors (Lipinski definition) is 2. The number of ether oxygens (including phenoxy) is 1. The van der Waals surface area contributed by atoms with E-state index in [2.05, 4.69) is 25.4 Å². The van der Waals surface area contributed by atoms with Crippen molar-refractivity contribution in [1.29, 1.82) is 0 Å². The molecule has 2 aliphatic rings. The van der Waals surface area contributed by atoms with Crippen molar-refractivity contribution in [2.75, 3.05) is 37.0 Å². The van der Waals surface area contributed by atoms with Crippen LogP contribution in [0.3, 0.4) is 0 Å². The Morgan fingerprint density at radius 2 is 1.97 bits per heavy atom. The van der Waals surface area contributed by atoms with Gasteiger partial charge in [-0.1, -0.05) is 24.6 Å². The first kappa shape index (κ1) is 20.0. The van der Waals surface area contributed by atoms with Crippen molar-refractivity contribution in [2.45, 2.75) is 38.0 Å². The molecule has 7 nitrogen and oxygen atoms in total. The zero-order valence-corrected chi connectivity index (χ0v) is 17.9. The summed E-state index contributed by atoms with van der Waals surface area (Å²) in [5.41, 5.74) is 4.05. The van der Waals surface area contributed by atoms with E-state index in [-0.39, 0.29) is 5.91 Å². The fourth-order valence-corrected chi connectivity index (χ4v) is 4.68. The van der Waals surface area contributed by atoms with Gasteiger partial charge in [-0.05, 0) is 49.8 Å². The average molecular weight is 420 g/mol. The van der Waals surface area contributed by atoms with Crippen molar-refractivity contribution >= 4 is 28.3 Å². The van der Waals surface area contributed by atoms with Gasteiger partial charge in [0.05, 0.1) is 11.1 Å². The lowest BCUT2D eigenvalue weighted by Crippen LogP contribution is -2.35. The van der Waals surface area contributed by atoms with E-state index in [1.165, 1.54) is 25.0 Å². The van der Waals surface area contributed by atoms with Gasteiger partial charge in [0.1, 0.15) is 5.69 Å². The number of hydrogen-bond acceptors (Lipinski definition) is 5. The molecule has 162 valence electrons. The SMILES string of the molecule is COCC1CCN(c2cc(C(=O)Nc3ccccc3)nc3n[nH]c(C4CCC4)c23)CC1. The van der Waals surface area contributed by atoms with Crippen molar-refractivity contribution in [2.24, 2.45) is 5.92 Å². The first-order valence-corrected chi connectivity index (χ1v) is 11.2. The number of nitrogens with one attached hydrogen (secondary N) is 2. The summed E-state index contributed by atoms with van der Waals surface area (Å²) in [6.45, 7) is 2.70. The van der Waals surface area contributed by atoms with Crippen molar-refractivity contribution in [3.8, 4) is 0 Å². The molecule has 1 aromatic carbocycles. The standard InChI is InChI=1S/C24H29N5O2/c1-31-15-16-10-12-29(13-11-16)20-14-19(24(30)25-18-8-3-2-4-9-18)26-23-21(20)22(27-28-23)17-6-5-7-17/h2-4,8-9,14,16-17H,5-7,10-13,15H2,1H3,(H,25,30)(H,26,27,28). The highest BCUT2D eigenvalue weighted by molar-refractivity contribution is 6.06. The average Bonchev–Trinajstić information content (AvgIpc) is 3.17. The Kier molecular flexibility index (Phi) is 5.59. The molecule has 3 heterocycles. The molecule has 5 rings (SSSR count). The summed E-state index contributed by atoms with van der Waals surface area (Å²) in [7, 11) is 1.77. The van der Waals surface area contributed by atoms with Crippen molar-refractivity contribution in [3.05, 3.63) is 47.8 Å². The van der Waals surface area contributed by atoms with E-state index in [9.17, 15) is 4.79 Å². The Labute approximate surface area is 182 Å². The van der Waals surface area contributed by atoms with Crippen LogP contribution in [0.1, 0.15) is 54.2 Å². The number of anilines is 2. The van der Waals surface area contributed by atoms with Gasteiger partial charge in [-0.2, -0.15) is 5.10 Å². The molecule has 1 aliphatic carbocycles. The van der Waals surface area contributed by atoms with Gasteiger partial charge in [-0.3, -0.25) is 9.89 Å². The highest BCUT2D eigenvalue weighted by Gasteiger charge is 2.29. The molecule has 31 heavy (non-hydrogen) atoms. The molecule has 0 radical (unpaired) electrons. The molecule has 7 heteroatoms. The van der Waals surface area contributed by atoms with Gasteiger partial charge in [0, 0.05) is 44.1 Å². The van der Waals surface area contributed by atoms with Crippen LogP contribution in [-0.2, 0) is 4.74 Å². The van der Waals surface area contributed by atoms with E-state index >= 15 is 0 Å². The summed E-state index contributed by atoms with van der Waals surface area (Å²) >= 11 is 0. The lowest BCUT2D eigenvalue weighted by molar-refractivity contribution is 0.102. The number of rotatable bonds is 6. The number of H-pyrrole nitrogens is 1. The number of benzene rings is 1. The summed E-state index contributed by atoms with van der Waals surface area (Å²) in [5.74, 6) is 0.896. The second kappa shape index (κ2) is 8.67. The number of aromatic nitrogens is 3. The third-order valence-corrected chi connectivity index (χ3v) is 6.67. The van der Waals surface area contributed by atoms with E-state index in [4.69, 9.17) is 4.74 Å². The monoisotopic (exact) mass is 419 g/mol. The third kappa shape index (κ3) is 4.02. The number of fused-ring (bicyclic) bond motifs is 1. The Morgan fingerprint density at radius 1 is 1.19 bits per heavy atom. The predicted molar refractivity (Wildman–Crippen MR) is 122 cm³/mol. The molecule has 0 unspecified atom stereocenters. The molecule has 0 atom stereocenters. The molecule has 1 amide bonds. The summed E-state index contributed by atoms with van der Waals surface area (Å²) in [4.78, 5) is 20.0. The van der Waals surface area contributed by atoms with Crippen LogP contribution < -0.4 is 10.2 Å². The summed E-state index contributed by atoms with van der Waals surface area (Å²) in [6.07, 6.45) is 5.79. The molecule has 3 aromatic rings. The first-order chi connectivity index (χ1) is 15.2. The fourth-order valence-electron chi connectivity index (χ4n) is 4.68. The minimum Gasteiger partial charge on any atom is -0.384 e. The van der Waals surface area contributed by atoms with Crippen molar-refractivity contribution < 1.29 is 9.53 Å². The van der Waals surface area contributed by atoms with Crippen LogP contribution in [0, 0.1) is 5.92 Å². The maximum Gasteiger partial charge on any atom is 0.274 e. The van der Waals surface area contributed by atoms with Crippen LogP contribution in [0.15, 0.2) is 36.4 Å². The molecule has 2 aromatic heterocycles. The van der Waals surface area contributed by atoms with Gasteiger partial charge in [0.15, 0.2) is 5.65 Å². The number of carbonyl (C=O) groups excluding carboxylic acids is 1. The predicted octanol–water partition coefficient (Wildman–Crippen LogP) is 4.34. The summed E-state index contributed by atoms with van der Waals surface area (Å²) in [5, 5.41) is 11.8. The molecular formula is C24H29N5O2. The topological polar surface area (TPSA) is 83.1 Å². The molecule has 1 saturated heterocycles. The van der Waals surface area contributed by atoms with Gasteiger partial charge in [0.25, 0.3) is 5.91 Å². The van der Waals surface area contributed by atoms with Crippen LogP contribution in [0.2, 0.25) is 0 Å². The molecule has 0 bridgehead atoms. The number of pyridine rings is 1. The Bertz CT molecular complexity index is 1050. The van der Waals surface area contributed by atoms with E-state index < -0.39 is 0 Å². The summed E-state index contributed by atoms with van der Waals surface area (Å²) < 4.78 is 5.36. The Morgan fingerprint density at radius 3 is 2.65 bits per heavy atom. The minimum atomic E-state index is -0.211. The van der Waals surface area contributed by atoms with Crippen LogP contribution in [-0.4, -0.2) is 47.9 Å². The number of nitrogens with zero attached hydrogens (tertiary/aromatic N) is 3. The van der Waals surface area contributed by atoms with E-state index in [0.29, 0.717) is 23.2 Å². The highest BCUT2D eigenvalue weighted by atomic mass is 16.5. The van der Waals surface area contributed by atoms with Gasteiger partial charge in [-0.15, -0.1) is 0 Å². The second-order valence-corrected chi connectivity index (χ2v) is 8.70. The minimum absolute atomic E-state index is 0.211. The quantitative estimate of drug-likeness (QED) is 0.621. The van der Waals surface area contributed by atoms with Crippen LogP contribution in [0.5, 0.6) is 0 Å². The first-order valence-electron chi connectivity index (χ1n) is 11.2. The molecule has 2 N–H and O–H groups in total. The smallest absolute Gasteiger partial charge is 0.274 e. The van der Waals surface area contributed by atoms with Gasteiger partial charge >= 0.3 is 0 Å². The molecule has 1 saturated carbocycles. The number of carbonyl (C=O) groups is 1. The highest BCUT2D eigenvalue weighted by Crippen LogP contribution is 2.42. The van der Waals surface area contributed by atoms with Crippen LogP contribution in [0.4, 0.5) is 11.4 Å². The van der Waals surface area contributed by atoms with Gasteiger partial charge in [0.2, 0.25) is 0 Å². The third-order valence-electron chi connectivity index (χ3n) is 6.67.